The summed E-state index contributed by atoms with van der Waals surface area (Å²) in [5, 5.41) is 0. The maximum atomic E-state index is 5.73. The number of aromatic nitrogens is 3. The number of fused-ring (bicyclic) bond motifs is 1. The molecule has 120 valence electrons. The van der Waals surface area contributed by atoms with E-state index in [-0.39, 0.29) is 6.10 Å². The van der Waals surface area contributed by atoms with Gasteiger partial charge in [-0.3, -0.25) is 4.40 Å². The number of imidazole rings is 1. The third-order valence-electron chi connectivity index (χ3n) is 3.43. The summed E-state index contributed by atoms with van der Waals surface area (Å²) in [4.78, 5) is 8.73. The lowest BCUT2D eigenvalue weighted by Crippen LogP contribution is -2.08. The van der Waals surface area contributed by atoms with Crippen LogP contribution in [0.15, 0.2) is 36.8 Å². The molecule has 0 unspecified atom stereocenters. The highest BCUT2D eigenvalue weighted by molar-refractivity contribution is 5.76. The van der Waals surface area contributed by atoms with E-state index >= 15 is 0 Å². The molecule has 0 saturated carbocycles. The first-order valence-corrected chi connectivity index (χ1v) is 7.35. The van der Waals surface area contributed by atoms with E-state index < -0.39 is 0 Å². The summed E-state index contributed by atoms with van der Waals surface area (Å²) in [5.74, 6) is 1.94. The number of rotatable bonds is 5. The van der Waals surface area contributed by atoms with Crippen LogP contribution in [0.25, 0.3) is 16.9 Å². The molecule has 6 nitrogen and oxygen atoms in total. The maximum Gasteiger partial charge on any atom is 0.258 e. The molecule has 2 aromatic heterocycles. The summed E-state index contributed by atoms with van der Waals surface area (Å²) < 4.78 is 18.6. The molecule has 0 saturated heterocycles. The van der Waals surface area contributed by atoms with Crippen LogP contribution in [0.1, 0.15) is 13.8 Å². The molecular weight excluding hydrogens is 294 g/mol. The van der Waals surface area contributed by atoms with E-state index in [9.17, 15) is 0 Å². The number of nitrogens with zero attached hydrogens (tertiary/aromatic N) is 3. The summed E-state index contributed by atoms with van der Waals surface area (Å²) in [7, 11) is 3.27. The maximum absolute atomic E-state index is 5.73. The van der Waals surface area contributed by atoms with Crippen molar-refractivity contribution in [3.05, 3.63) is 36.8 Å². The monoisotopic (exact) mass is 313 g/mol. The van der Waals surface area contributed by atoms with Gasteiger partial charge < -0.3 is 14.2 Å². The fraction of sp³-hybridized carbons (Fsp3) is 0.294. The van der Waals surface area contributed by atoms with E-state index in [0.29, 0.717) is 23.0 Å². The van der Waals surface area contributed by atoms with Gasteiger partial charge in [0.25, 0.3) is 5.88 Å². The van der Waals surface area contributed by atoms with Crippen LogP contribution in [0.3, 0.4) is 0 Å². The number of ether oxygens (including phenoxy) is 3. The zero-order valence-corrected chi connectivity index (χ0v) is 13.6. The molecule has 0 amide bonds. The van der Waals surface area contributed by atoms with E-state index in [0.717, 1.165) is 11.3 Å². The van der Waals surface area contributed by atoms with Crippen LogP contribution in [0.4, 0.5) is 0 Å². The summed E-state index contributed by atoms with van der Waals surface area (Å²) in [6, 6.07) is 5.67. The minimum atomic E-state index is 0.0228. The average molecular weight is 313 g/mol. The lowest BCUT2D eigenvalue weighted by molar-refractivity contribution is 0.234. The van der Waals surface area contributed by atoms with Crippen molar-refractivity contribution in [2.45, 2.75) is 20.0 Å². The molecule has 0 spiro atoms. The fourth-order valence-electron chi connectivity index (χ4n) is 2.49. The molecule has 6 heteroatoms. The molecule has 23 heavy (non-hydrogen) atoms. The zero-order chi connectivity index (χ0) is 16.4. The van der Waals surface area contributed by atoms with E-state index in [1.165, 1.54) is 0 Å². The Morgan fingerprint density at radius 2 is 1.74 bits per heavy atom. The molecule has 2 heterocycles. The summed E-state index contributed by atoms with van der Waals surface area (Å²) in [6.07, 6.45) is 5.33. The first-order valence-electron chi connectivity index (χ1n) is 7.35. The van der Waals surface area contributed by atoms with Gasteiger partial charge in [-0.15, -0.1) is 0 Å². The van der Waals surface area contributed by atoms with Crippen LogP contribution >= 0.6 is 0 Å². The predicted octanol–water partition coefficient (Wildman–Crippen LogP) is 3.20. The first kappa shape index (κ1) is 15.1. The molecule has 1 aromatic carbocycles. The zero-order valence-electron chi connectivity index (χ0n) is 13.6. The van der Waals surface area contributed by atoms with Gasteiger partial charge in [0, 0.05) is 12.4 Å². The van der Waals surface area contributed by atoms with Gasteiger partial charge in [-0.25, -0.2) is 9.97 Å². The Labute approximate surface area is 134 Å². The van der Waals surface area contributed by atoms with Gasteiger partial charge in [0.05, 0.1) is 37.8 Å². The molecule has 0 fully saturated rings. The Kier molecular flexibility index (Phi) is 4.06. The first-order chi connectivity index (χ1) is 11.2. The van der Waals surface area contributed by atoms with Crippen LogP contribution in [-0.4, -0.2) is 34.7 Å². The molecule has 3 rings (SSSR count). The van der Waals surface area contributed by atoms with Crippen LogP contribution < -0.4 is 14.2 Å². The van der Waals surface area contributed by atoms with E-state index in [1.54, 1.807) is 26.6 Å². The third kappa shape index (κ3) is 2.67. The van der Waals surface area contributed by atoms with Crippen molar-refractivity contribution in [1.29, 1.82) is 0 Å². The molecule has 0 N–H and O–H groups in total. The van der Waals surface area contributed by atoms with Crippen LogP contribution in [0, 0.1) is 0 Å². The number of hydrogen-bond acceptors (Lipinski definition) is 5. The van der Waals surface area contributed by atoms with Crippen molar-refractivity contribution in [3.63, 3.8) is 0 Å². The Hall–Kier alpha value is -2.76. The largest absolute Gasteiger partial charge is 0.496 e. The molecule has 0 aliphatic carbocycles. The van der Waals surface area contributed by atoms with Gasteiger partial charge in [0.15, 0.2) is 0 Å². The highest BCUT2D eigenvalue weighted by atomic mass is 16.5. The van der Waals surface area contributed by atoms with Crippen molar-refractivity contribution >= 4 is 5.65 Å². The van der Waals surface area contributed by atoms with Crippen molar-refractivity contribution in [2.75, 3.05) is 14.2 Å². The van der Waals surface area contributed by atoms with Crippen molar-refractivity contribution in [3.8, 4) is 28.6 Å². The lowest BCUT2D eigenvalue weighted by Gasteiger charge is -2.13. The van der Waals surface area contributed by atoms with Crippen LogP contribution in [-0.2, 0) is 0 Å². The molecule has 0 aliphatic heterocycles. The Morgan fingerprint density at radius 1 is 1.04 bits per heavy atom. The minimum Gasteiger partial charge on any atom is -0.496 e. The topological polar surface area (TPSA) is 57.9 Å². The molecule has 0 atom stereocenters. The second-order valence-electron chi connectivity index (χ2n) is 5.27. The molecule has 0 radical (unpaired) electrons. The Balaban J connectivity index is 2.23. The SMILES string of the molecule is COc1cccc(OC)c1-c1cnc2c(OC(C)C)nccn12. The molecule has 0 bridgehead atoms. The van der Waals surface area contributed by atoms with Gasteiger partial charge >= 0.3 is 0 Å². The van der Waals surface area contributed by atoms with Crippen molar-refractivity contribution < 1.29 is 14.2 Å². The second kappa shape index (κ2) is 6.16. The normalized spacial score (nSPS) is 11.0. The summed E-state index contributed by atoms with van der Waals surface area (Å²) in [5.41, 5.74) is 2.35. The highest BCUT2D eigenvalue weighted by Crippen LogP contribution is 2.38. The standard InChI is InChI=1S/C17H19N3O3/c1-11(2)23-17-16-19-10-12(20(16)9-8-18-17)15-13(21-3)6-5-7-14(15)22-4/h5-11H,1-4H3. The quantitative estimate of drug-likeness (QED) is 0.724. The predicted molar refractivity (Wildman–Crippen MR) is 87.3 cm³/mol. The number of methoxy groups -OCH3 is 2. The van der Waals surface area contributed by atoms with Gasteiger partial charge in [-0.1, -0.05) is 6.07 Å². The second-order valence-corrected chi connectivity index (χ2v) is 5.27. The molecular formula is C17H19N3O3. The average Bonchev–Trinajstić information content (AvgIpc) is 2.98. The fourth-order valence-corrected chi connectivity index (χ4v) is 2.49. The molecule has 0 aliphatic rings. The number of hydrogen-bond donors (Lipinski definition) is 0. The van der Waals surface area contributed by atoms with Crippen molar-refractivity contribution in [2.24, 2.45) is 0 Å². The van der Waals surface area contributed by atoms with Crippen molar-refractivity contribution in [1.82, 2.24) is 14.4 Å². The number of benzene rings is 1. The van der Waals surface area contributed by atoms with Crippen LogP contribution in [0.2, 0.25) is 0 Å². The summed E-state index contributed by atoms with van der Waals surface area (Å²) >= 11 is 0. The van der Waals surface area contributed by atoms with E-state index in [2.05, 4.69) is 9.97 Å². The smallest absolute Gasteiger partial charge is 0.258 e. The van der Waals surface area contributed by atoms with Gasteiger partial charge in [0.2, 0.25) is 5.65 Å². The van der Waals surface area contributed by atoms with Gasteiger partial charge in [0.1, 0.15) is 11.5 Å². The third-order valence-corrected chi connectivity index (χ3v) is 3.43. The lowest BCUT2D eigenvalue weighted by atomic mass is 10.1. The molecule has 3 aromatic rings. The van der Waals surface area contributed by atoms with Gasteiger partial charge in [-0.05, 0) is 26.0 Å². The van der Waals surface area contributed by atoms with E-state index in [4.69, 9.17) is 14.2 Å². The Morgan fingerprint density at radius 3 is 2.35 bits per heavy atom. The highest BCUT2D eigenvalue weighted by Gasteiger charge is 2.18. The van der Waals surface area contributed by atoms with E-state index in [1.807, 2.05) is 42.6 Å². The summed E-state index contributed by atoms with van der Waals surface area (Å²) in [6.45, 7) is 3.91. The Bertz CT molecular complexity index is 805. The van der Waals surface area contributed by atoms with Gasteiger partial charge in [-0.2, -0.15) is 0 Å². The van der Waals surface area contributed by atoms with Crippen LogP contribution in [0.5, 0.6) is 17.4 Å². The minimum absolute atomic E-state index is 0.0228.